The second-order valence-corrected chi connectivity index (χ2v) is 11.2. The second-order valence-electron chi connectivity index (χ2n) is 11.2. The molecule has 1 aliphatic carbocycles. The Morgan fingerprint density at radius 1 is 0.950 bits per heavy atom. The zero-order valence-electron chi connectivity index (χ0n) is 24.5. The number of rotatable bonds is 11. The number of aryl methyl sites for hydroxylation is 1. The van der Waals surface area contributed by atoms with E-state index in [1.165, 1.54) is 6.42 Å². The summed E-state index contributed by atoms with van der Waals surface area (Å²) >= 11 is 0. The van der Waals surface area contributed by atoms with E-state index in [4.69, 9.17) is 18.9 Å². The van der Waals surface area contributed by atoms with E-state index in [-0.39, 0.29) is 23.7 Å². The molecule has 1 saturated heterocycles. The van der Waals surface area contributed by atoms with Crippen molar-refractivity contribution in [3.63, 3.8) is 0 Å². The van der Waals surface area contributed by atoms with Crippen LogP contribution >= 0.6 is 0 Å². The zero-order chi connectivity index (χ0) is 28.5. The largest absolute Gasteiger partial charge is 0.493 e. The number of ether oxygens (including phenoxy) is 4. The molecule has 1 heterocycles. The predicted molar refractivity (Wildman–Crippen MR) is 155 cm³/mol. The van der Waals surface area contributed by atoms with Gasteiger partial charge in [0, 0.05) is 6.54 Å². The van der Waals surface area contributed by atoms with Crippen LogP contribution in [0.4, 0.5) is 0 Å². The van der Waals surface area contributed by atoms with Gasteiger partial charge in [-0.3, -0.25) is 4.79 Å². The monoisotopic (exact) mass is 551 g/mol. The highest BCUT2D eigenvalue weighted by atomic mass is 16.6. The van der Waals surface area contributed by atoms with E-state index in [9.17, 15) is 9.59 Å². The minimum absolute atomic E-state index is 0.0214. The van der Waals surface area contributed by atoms with Gasteiger partial charge in [0.15, 0.2) is 11.5 Å². The highest BCUT2D eigenvalue weighted by Gasteiger charge is 2.41. The maximum atomic E-state index is 14.4. The molecule has 2 aromatic rings. The molecule has 1 amide bonds. The number of likely N-dealkylation sites (tertiary alicyclic amines) is 1. The summed E-state index contributed by atoms with van der Waals surface area (Å²) in [4.78, 5) is 29.6. The van der Waals surface area contributed by atoms with Crippen molar-refractivity contribution in [1.82, 2.24) is 4.90 Å². The first kappa shape index (κ1) is 29.9. The normalized spacial score (nSPS) is 19.5. The number of carbonyl (C=O) groups is 2. The summed E-state index contributed by atoms with van der Waals surface area (Å²) in [5, 5.41) is 0. The van der Waals surface area contributed by atoms with Gasteiger partial charge in [-0.25, -0.2) is 4.79 Å². The quantitative estimate of drug-likeness (QED) is 0.309. The molecular formula is C33H45NO6. The number of carbonyl (C=O) groups excluding carboxylic acids is 2. The summed E-state index contributed by atoms with van der Waals surface area (Å²) in [5.74, 6) is 0.887. The summed E-state index contributed by atoms with van der Waals surface area (Å²) in [7, 11) is 3.26. The third-order valence-corrected chi connectivity index (χ3v) is 8.27. The van der Waals surface area contributed by atoms with Crippen LogP contribution in [0.25, 0.3) is 0 Å². The molecule has 3 atom stereocenters. The van der Waals surface area contributed by atoms with Crippen molar-refractivity contribution < 1.29 is 28.5 Å². The summed E-state index contributed by atoms with van der Waals surface area (Å²) in [6.45, 7) is 5.15. The smallest absolute Gasteiger partial charge is 0.329 e. The number of piperidine rings is 1. The molecule has 0 bridgehead atoms. The first-order chi connectivity index (χ1) is 19.4. The van der Waals surface area contributed by atoms with Crippen molar-refractivity contribution in [2.75, 3.05) is 27.4 Å². The van der Waals surface area contributed by atoms with Gasteiger partial charge in [-0.1, -0.05) is 55.7 Å². The topological polar surface area (TPSA) is 74.3 Å². The molecular weight excluding hydrogens is 506 g/mol. The first-order valence-corrected chi connectivity index (χ1v) is 14.8. The van der Waals surface area contributed by atoms with Gasteiger partial charge in [-0.05, 0) is 74.6 Å². The lowest BCUT2D eigenvalue weighted by Gasteiger charge is -2.39. The molecule has 0 aromatic heterocycles. The lowest BCUT2D eigenvalue weighted by molar-refractivity contribution is -0.164. The van der Waals surface area contributed by atoms with Crippen molar-refractivity contribution in [3.8, 4) is 11.5 Å². The first-order valence-electron chi connectivity index (χ1n) is 14.8. The SMILES string of the molecule is COc1cc([C@@H](C(=O)N2CCCC[C@H]2C(=O)OC(C)COCc2ccccc2)C2CCCCC2)cc(C)c1OC. The van der Waals surface area contributed by atoms with E-state index >= 15 is 0 Å². The molecule has 40 heavy (non-hydrogen) atoms. The van der Waals surface area contributed by atoms with Gasteiger partial charge in [-0.15, -0.1) is 0 Å². The lowest BCUT2D eigenvalue weighted by atomic mass is 9.75. The Bertz CT molecular complexity index is 1110. The Morgan fingerprint density at radius 3 is 2.38 bits per heavy atom. The molecule has 7 heteroatoms. The van der Waals surface area contributed by atoms with E-state index in [0.717, 1.165) is 55.2 Å². The number of amides is 1. The molecule has 2 aromatic carbocycles. The van der Waals surface area contributed by atoms with Gasteiger partial charge in [0.2, 0.25) is 5.91 Å². The third kappa shape index (κ3) is 7.36. The fourth-order valence-corrected chi connectivity index (χ4v) is 6.29. The second kappa shape index (κ2) is 14.5. The highest BCUT2D eigenvalue weighted by molar-refractivity contribution is 5.89. The summed E-state index contributed by atoms with van der Waals surface area (Å²) in [6, 6.07) is 13.4. The zero-order valence-corrected chi connectivity index (χ0v) is 24.5. The number of nitrogens with zero attached hydrogens (tertiary/aromatic N) is 1. The van der Waals surface area contributed by atoms with E-state index in [1.54, 1.807) is 19.1 Å². The maximum Gasteiger partial charge on any atom is 0.329 e. The average molecular weight is 552 g/mol. The van der Waals surface area contributed by atoms with Crippen LogP contribution in [0, 0.1) is 12.8 Å². The van der Waals surface area contributed by atoms with Gasteiger partial charge in [0.05, 0.1) is 33.4 Å². The van der Waals surface area contributed by atoms with Gasteiger partial charge < -0.3 is 23.8 Å². The third-order valence-electron chi connectivity index (χ3n) is 8.27. The van der Waals surface area contributed by atoms with Crippen LogP contribution in [0.3, 0.4) is 0 Å². The molecule has 7 nitrogen and oxygen atoms in total. The Labute approximate surface area is 239 Å². The molecule has 0 spiro atoms. The number of hydrogen-bond donors (Lipinski definition) is 0. The van der Waals surface area contributed by atoms with Crippen LogP contribution in [0.1, 0.15) is 80.9 Å². The molecule has 1 unspecified atom stereocenters. The summed E-state index contributed by atoms with van der Waals surface area (Å²) in [5.41, 5.74) is 2.95. The molecule has 1 saturated carbocycles. The van der Waals surface area contributed by atoms with Gasteiger partial charge in [0.1, 0.15) is 12.1 Å². The predicted octanol–water partition coefficient (Wildman–Crippen LogP) is 6.21. The lowest BCUT2D eigenvalue weighted by Crippen LogP contribution is -2.51. The standard InChI is InChI=1S/C33H45NO6/c1-23-19-27(20-29(37-3)31(23)38-4)30(26-15-9-6-10-16-26)32(35)34-18-12-11-17-28(34)33(36)40-24(2)21-39-22-25-13-7-5-8-14-25/h5,7-8,13-14,19-20,24,26,28,30H,6,9-12,15-18,21-22H2,1-4H3/t24?,28-,30-/m0/s1. The van der Waals surface area contributed by atoms with E-state index in [0.29, 0.717) is 37.7 Å². The Kier molecular flexibility index (Phi) is 10.9. The van der Waals surface area contributed by atoms with Crippen molar-refractivity contribution in [3.05, 3.63) is 59.2 Å². The van der Waals surface area contributed by atoms with Crippen molar-refractivity contribution in [2.24, 2.45) is 5.92 Å². The van der Waals surface area contributed by atoms with Crippen molar-refractivity contribution >= 4 is 11.9 Å². The van der Waals surface area contributed by atoms with Gasteiger partial charge in [-0.2, -0.15) is 0 Å². The number of esters is 1. The molecule has 1 aliphatic heterocycles. The van der Waals surface area contributed by atoms with E-state index < -0.39 is 12.1 Å². The van der Waals surface area contributed by atoms with E-state index in [2.05, 4.69) is 6.07 Å². The van der Waals surface area contributed by atoms with Crippen molar-refractivity contribution in [1.29, 1.82) is 0 Å². The molecule has 0 N–H and O–H groups in total. The van der Waals surface area contributed by atoms with Crippen LogP contribution in [0.15, 0.2) is 42.5 Å². The van der Waals surface area contributed by atoms with Crippen LogP contribution in [-0.4, -0.2) is 56.3 Å². The van der Waals surface area contributed by atoms with E-state index in [1.807, 2.05) is 50.2 Å². The maximum absolute atomic E-state index is 14.4. The molecule has 2 fully saturated rings. The van der Waals surface area contributed by atoms with Crippen LogP contribution < -0.4 is 9.47 Å². The van der Waals surface area contributed by atoms with Crippen LogP contribution in [-0.2, 0) is 25.7 Å². The van der Waals surface area contributed by atoms with Gasteiger partial charge >= 0.3 is 5.97 Å². The minimum atomic E-state index is -0.579. The molecule has 2 aliphatic rings. The fourth-order valence-electron chi connectivity index (χ4n) is 6.29. The number of benzene rings is 2. The average Bonchev–Trinajstić information content (AvgIpc) is 2.98. The highest BCUT2D eigenvalue weighted by Crippen LogP contribution is 2.42. The number of hydrogen-bond acceptors (Lipinski definition) is 6. The minimum Gasteiger partial charge on any atom is -0.493 e. The van der Waals surface area contributed by atoms with Crippen LogP contribution in [0.5, 0.6) is 11.5 Å². The summed E-state index contributed by atoms with van der Waals surface area (Å²) in [6.07, 6.45) is 7.43. The Balaban J connectivity index is 1.50. The summed E-state index contributed by atoms with van der Waals surface area (Å²) < 4.78 is 22.8. The molecule has 4 rings (SSSR count). The van der Waals surface area contributed by atoms with Crippen LogP contribution in [0.2, 0.25) is 0 Å². The Hall–Kier alpha value is -3.06. The molecule has 0 radical (unpaired) electrons. The Morgan fingerprint density at radius 2 is 1.68 bits per heavy atom. The van der Waals surface area contributed by atoms with Crippen molar-refractivity contribution in [2.45, 2.75) is 89.9 Å². The fraction of sp³-hybridized carbons (Fsp3) is 0.576. The number of methoxy groups -OCH3 is 2. The van der Waals surface area contributed by atoms with Gasteiger partial charge in [0.25, 0.3) is 0 Å². The molecule has 218 valence electrons.